The predicted molar refractivity (Wildman–Crippen MR) is 163 cm³/mol. The van der Waals surface area contributed by atoms with Gasteiger partial charge in [-0.15, -0.1) is 0 Å². The van der Waals surface area contributed by atoms with Crippen molar-refractivity contribution in [1.82, 2.24) is 18.9 Å². The van der Waals surface area contributed by atoms with Crippen molar-refractivity contribution in [2.24, 2.45) is 4.99 Å². The zero-order valence-corrected chi connectivity index (χ0v) is 23.8. The van der Waals surface area contributed by atoms with Crippen LogP contribution in [0.25, 0.3) is 11.1 Å². The van der Waals surface area contributed by atoms with Crippen LogP contribution in [-0.4, -0.2) is 52.5 Å². The molecule has 1 fully saturated rings. The van der Waals surface area contributed by atoms with Crippen molar-refractivity contribution >= 4 is 17.7 Å². The molecule has 3 atom stereocenters. The smallest absolute Gasteiger partial charge is 0.314 e. The lowest BCUT2D eigenvalue weighted by atomic mass is 9.89. The van der Waals surface area contributed by atoms with Gasteiger partial charge >= 0.3 is 5.96 Å². The topological polar surface area (TPSA) is 50.5 Å². The van der Waals surface area contributed by atoms with Crippen LogP contribution in [0.2, 0.25) is 0 Å². The third kappa shape index (κ3) is 4.37. The van der Waals surface area contributed by atoms with Crippen molar-refractivity contribution in [3.8, 4) is 11.1 Å². The molecule has 1 amide bonds. The van der Waals surface area contributed by atoms with Gasteiger partial charge < -0.3 is 4.57 Å². The van der Waals surface area contributed by atoms with Crippen molar-refractivity contribution in [2.75, 3.05) is 14.1 Å². The van der Waals surface area contributed by atoms with E-state index in [2.05, 4.69) is 79.7 Å². The van der Waals surface area contributed by atoms with Crippen LogP contribution in [0.15, 0.2) is 96.0 Å². The molecule has 0 N–H and O–H groups in total. The molecule has 6 nitrogen and oxygen atoms in total. The average Bonchev–Trinajstić information content (AvgIpc) is 3.49. The second-order valence-corrected chi connectivity index (χ2v) is 11.4. The lowest BCUT2D eigenvalue weighted by Crippen LogP contribution is -2.65. The number of allylic oxidation sites excluding steroid dienone is 5. The summed E-state index contributed by atoms with van der Waals surface area (Å²) in [6, 6.07) is 19.7. The molecule has 3 aliphatic rings. The molecule has 1 saturated carbocycles. The summed E-state index contributed by atoms with van der Waals surface area (Å²) in [6.07, 6.45) is 13.0. The van der Waals surface area contributed by atoms with Gasteiger partial charge in [-0.05, 0) is 36.5 Å². The van der Waals surface area contributed by atoms with Gasteiger partial charge in [0.15, 0.2) is 5.69 Å². The second kappa shape index (κ2) is 10.5. The maximum absolute atomic E-state index is 14.0. The van der Waals surface area contributed by atoms with E-state index in [0.717, 1.165) is 36.0 Å². The zero-order chi connectivity index (χ0) is 27.9. The minimum Gasteiger partial charge on any atom is -0.314 e. The fraction of sp³-hybridized carbons (Fsp3) is 0.324. The van der Waals surface area contributed by atoms with E-state index in [4.69, 9.17) is 9.98 Å². The van der Waals surface area contributed by atoms with Crippen LogP contribution in [0, 0.1) is 0 Å². The Labute approximate surface area is 237 Å². The number of carbonyl (C=O) groups is 1. The van der Waals surface area contributed by atoms with E-state index in [9.17, 15) is 4.79 Å². The molecule has 0 radical (unpaired) electrons. The number of benzene rings is 2. The largest absolute Gasteiger partial charge is 0.314 e. The van der Waals surface area contributed by atoms with E-state index < -0.39 is 0 Å². The molecule has 0 saturated heterocycles. The number of likely N-dealkylation sites (N-methyl/N-ethyl adjacent to an activating group) is 1. The summed E-state index contributed by atoms with van der Waals surface area (Å²) < 4.78 is 2.68. The van der Waals surface area contributed by atoms with Crippen molar-refractivity contribution in [3.63, 3.8) is 0 Å². The van der Waals surface area contributed by atoms with Gasteiger partial charge in [-0.2, -0.15) is 4.98 Å². The average molecular weight is 533 g/mol. The molecule has 6 heteroatoms. The van der Waals surface area contributed by atoms with Gasteiger partial charge in [-0.3, -0.25) is 4.79 Å². The molecule has 0 spiro atoms. The van der Waals surface area contributed by atoms with Crippen LogP contribution in [0.3, 0.4) is 0 Å². The van der Waals surface area contributed by atoms with Gasteiger partial charge in [0.25, 0.3) is 11.7 Å². The third-order valence-corrected chi connectivity index (χ3v) is 8.79. The van der Waals surface area contributed by atoms with Crippen LogP contribution in [-0.2, 0) is 13.0 Å². The first-order chi connectivity index (χ1) is 19.4. The molecule has 3 unspecified atom stereocenters. The Hall–Kier alpha value is -4.03. The molecule has 40 heavy (non-hydrogen) atoms. The van der Waals surface area contributed by atoms with Crippen LogP contribution in [0.1, 0.15) is 54.5 Å². The number of carbonyl (C=O) groups excluding carboxylic acids is 1. The van der Waals surface area contributed by atoms with Crippen molar-refractivity contribution in [2.45, 2.75) is 57.7 Å². The van der Waals surface area contributed by atoms with E-state index in [0.29, 0.717) is 29.2 Å². The normalized spacial score (nSPS) is 24.1. The van der Waals surface area contributed by atoms with Gasteiger partial charge in [0.2, 0.25) is 0 Å². The first-order valence-electron chi connectivity index (χ1n) is 14.3. The third-order valence-electron chi connectivity index (χ3n) is 8.79. The number of hydrogen-bond donors (Lipinski definition) is 0. The number of nitrogens with zero attached hydrogens (tertiary/aromatic N) is 5. The molecule has 1 aromatic heterocycles. The molecular weight excluding hydrogens is 494 g/mol. The number of aromatic nitrogens is 2. The van der Waals surface area contributed by atoms with E-state index in [1.165, 1.54) is 29.5 Å². The van der Waals surface area contributed by atoms with Gasteiger partial charge in [0.1, 0.15) is 17.9 Å². The van der Waals surface area contributed by atoms with Gasteiger partial charge in [0.05, 0.1) is 7.05 Å². The summed E-state index contributed by atoms with van der Waals surface area (Å²) in [7, 11) is 4.11. The highest BCUT2D eigenvalue weighted by Crippen LogP contribution is 2.44. The molecular formula is C34H38N5O+. The Kier molecular flexibility index (Phi) is 6.88. The molecule has 1 aliphatic carbocycles. The number of amides is 1. The lowest BCUT2D eigenvalue weighted by molar-refractivity contribution is 0.0829. The number of rotatable bonds is 7. The summed E-state index contributed by atoms with van der Waals surface area (Å²) >= 11 is 0. The lowest BCUT2D eigenvalue weighted by Gasteiger charge is -2.41. The van der Waals surface area contributed by atoms with Gasteiger partial charge in [-0.1, -0.05) is 97.5 Å². The van der Waals surface area contributed by atoms with E-state index >= 15 is 0 Å². The number of imidazole rings is 1. The van der Waals surface area contributed by atoms with Crippen molar-refractivity contribution < 1.29 is 4.79 Å². The van der Waals surface area contributed by atoms with Gasteiger partial charge in [-0.25, -0.2) is 14.4 Å². The SMILES string of the molecule is C=CC=CC=C(C)Cn1c(Cc2ccc(-c3ccccc3)cc2)nc2c1C(=O)N(C)C1=NC3CCCCC3[N+]12C. The Morgan fingerprint density at radius 2 is 1.77 bits per heavy atom. The number of guanidine groups is 1. The maximum Gasteiger partial charge on any atom is 0.314 e. The van der Waals surface area contributed by atoms with E-state index in [-0.39, 0.29) is 11.9 Å². The fourth-order valence-electron chi connectivity index (χ4n) is 6.72. The Morgan fingerprint density at radius 1 is 1.05 bits per heavy atom. The van der Waals surface area contributed by atoms with Crippen molar-refractivity contribution in [1.29, 1.82) is 0 Å². The van der Waals surface area contributed by atoms with Crippen LogP contribution >= 0.6 is 0 Å². The second-order valence-electron chi connectivity index (χ2n) is 11.4. The van der Waals surface area contributed by atoms with Crippen LogP contribution in [0.4, 0.5) is 5.82 Å². The van der Waals surface area contributed by atoms with E-state index in [1.807, 2.05) is 25.3 Å². The number of quaternary nitrogens is 1. The molecule has 6 rings (SSSR count). The predicted octanol–water partition coefficient (Wildman–Crippen LogP) is 6.53. The van der Waals surface area contributed by atoms with Crippen LogP contribution < -0.4 is 4.48 Å². The van der Waals surface area contributed by atoms with E-state index in [1.54, 1.807) is 11.0 Å². The molecule has 2 aromatic carbocycles. The summed E-state index contributed by atoms with van der Waals surface area (Å²) in [5, 5.41) is 0. The Bertz CT molecular complexity index is 1530. The summed E-state index contributed by atoms with van der Waals surface area (Å²) in [5.41, 5.74) is 5.41. The zero-order valence-electron chi connectivity index (χ0n) is 23.8. The first kappa shape index (κ1) is 26.2. The molecule has 204 valence electrons. The van der Waals surface area contributed by atoms with Gasteiger partial charge in [0, 0.05) is 26.4 Å². The minimum atomic E-state index is -0.0180. The Balaban J connectivity index is 1.43. The molecule has 0 bridgehead atoms. The molecule has 3 aromatic rings. The number of fused-ring (bicyclic) bond motifs is 5. The standard InChI is InChI=1S/C34H38N5O/c1-5-6-8-13-24(2)23-38-30(22-25-18-20-27(21-19-25)26-14-9-7-10-15-26)36-32-31(38)33(40)37(3)34-35-28-16-11-12-17-29(28)39(32,34)4/h5-10,13-15,18-21,28-29H,1,11-12,16-17,22-23H2,2-4H3/q+1. The first-order valence-corrected chi connectivity index (χ1v) is 14.3. The number of aliphatic imine (C=N–C) groups is 1. The highest BCUT2D eigenvalue weighted by atomic mass is 16.2. The maximum atomic E-state index is 14.0. The monoisotopic (exact) mass is 532 g/mol. The number of hydrogen-bond acceptors (Lipinski definition) is 3. The highest BCUT2D eigenvalue weighted by molar-refractivity contribution is 6.15. The van der Waals surface area contributed by atoms with Crippen molar-refractivity contribution in [3.05, 3.63) is 108 Å². The van der Waals surface area contributed by atoms with Crippen LogP contribution in [0.5, 0.6) is 0 Å². The fourth-order valence-corrected chi connectivity index (χ4v) is 6.72. The summed E-state index contributed by atoms with van der Waals surface area (Å²) in [5.74, 6) is 2.61. The summed E-state index contributed by atoms with van der Waals surface area (Å²) in [6.45, 7) is 6.47. The molecule has 2 aliphatic heterocycles. The molecule has 3 heterocycles. The highest BCUT2D eigenvalue weighted by Gasteiger charge is 2.60. The summed E-state index contributed by atoms with van der Waals surface area (Å²) in [4.78, 5) is 26.2. The Morgan fingerprint density at radius 3 is 2.52 bits per heavy atom. The minimum absolute atomic E-state index is 0.0180. The quantitative estimate of drug-likeness (QED) is 0.257.